The van der Waals surface area contributed by atoms with Crippen LogP contribution in [0.15, 0.2) is 55.0 Å². The molecular weight excluding hydrogens is 406 g/mol. The van der Waals surface area contributed by atoms with Crippen LogP contribution < -0.4 is 4.90 Å². The van der Waals surface area contributed by atoms with Crippen molar-refractivity contribution in [1.82, 2.24) is 19.9 Å². The van der Waals surface area contributed by atoms with E-state index in [1.165, 1.54) is 0 Å². The molecule has 3 aliphatic rings. The molecule has 3 aliphatic heterocycles. The number of hydrogen-bond donors (Lipinski definition) is 1. The largest absolute Gasteiger partial charge is 0.396 e. The maximum absolute atomic E-state index is 13.1. The molecule has 3 saturated heterocycles. The van der Waals surface area contributed by atoms with E-state index in [0.717, 1.165) is 29.0 Å². The number of ether oxygens (including phenoxy) is 1. The predicted octanol–water partition coefficient (Wildman–Crippen LogP) is 1.29. The van der Waals surface area contributed by atoms with Crippen LogP contribution in [0.5, 0.6) is 0 Å². The van der Waals surface area contributed by atoms with Crippen LogP contribution in [-0.4, -0.2) is 75.4 Å². The first kappa shape index (κ1) is 19.6. The molecule has 0 aliphatic carbocycles. The number of rotatable bonds is 4. The van der Waals surface area contributed by atoms with E-state index in [4.69, 9.17) is 9.72 Å². The number of anilines is 1. The molecule has 2 bridgehead atoms. The maximum Gasteiger partial charge on any atom is 0.227 e. The molecule has 1 amide bonds. The van der Waals surface area contributed by atoms with Crippen molar-refractivity contribution in [1.29, 1.82) is 0 Å². The van der Waals surface area contributed by atoms with Gasteiger partial charge >= 0.3 is 0 Å². The summed E-state index contributed by atoms with van der Waals surface area (Å²) in [5.74, 6) is 1.05. The molecular formula is C24H25N5O3. The Hall–Kier alpha value is -3.10. The Morgan fingerprint density at radius 1 is 1.12 bits per heavy atom. The van der Waals surface area contributed by atoms with Gasteiger partial charge in [0.25, 0.3) is 0 Å². The molecule has 6 rings (SSSR count). The summed E-state index contributed by atoms with van der Waals surface area (Å²) in [5.41, 5.74) is 2.19. The summed E-state index contributed by atoms with van der Waals surface area (Å²) in [6.07, 6.45) is 5.44. The van der Waals surface area contributed by atoms with Gasteiger partial charge in [-0.1, -0.05) is 12.1 Å². The zero-order valence-corrected chi connectivity index (χ0v) is 17.7. The summed E-state index contributed by atoms with van der Waals surface area (Å²) < 4.78 is 6.53. The molecule has 3 fully saturated rings. The van der Waals surface area contributed by atoms with Crippen LogP contribution in [0.3, 0.4) is 0 Å². The number of carbonyl (C=O) groups is 1. The van der Waals surface area contributed by atoms with Gasteiger partial charge in [-0.2, -0.15) is 0 Å². The Labute approximate surface area is 185 Å². The van der Waals surface area contributed by atoms with Crippen molar-refractivity contribution in [3.63, 3.8) is 0 Å². The lowest BCUT2D eigenvalue weighted by Gasteiger charge is -2.40. The minimum atomic E-state index is -0.489. The molecule has 164 valence electrons. The fourth-order valence-corrected chi connectivity index (χ4v) is 5.69. The van der Waals surface area contributed by atoms with Gasteiger partial charge in [-0.05, 0) is 29.8 Å². The molecule has 5 heterocycles. The molecule has 0 unspecified atom stereocenters. The molecule has 1 aromatic carbocycles. The van der Waals surface area contributed by atoms with Gasteiger partial charge in [0.1, 0.15) is 11.4 Å². The third-order valence-corrected chi connectivity index (χ3v) is 7.22. The second-order valence-electron chi connectivity index (χ2n) is 9.08. The van der Waals surface area contributed by atoms with E-state index in [1.807, 2.05) is 41.3 Å². The Bertz CT molecular complexity index is 1160. The summed E-state index contributed by atoms with van der Waals surface area (Å²) in [7, 11) is 0. The van der Waals surface area contributed by atoms with E-state index in [2.05, 4.69) is 14.9 Å². The number of aromatic nitrogens is 3. The maximum atomic E-state index is 13.1. The van der Waals surface area contributed by atoms with Crippen molar-refractivity contribution in [3.05, 3.63) is 60.6 Å². The second-order valence-corrected chi connectivity index (χ2v) is 9.08. The highest BCUT2D eigenvalue weighted by Gasteiger charge is 2.63. The van der Waals surface area contributed by atoms with E-state index in [9.17, 15) is 9.90 Å². The number of aliphatic hydroxyl groups excluding tert-OH is 1. The molecule has 3 aromatic rings. The number of morpholine rings is 1. The molecule has 1 spiro atoms. The smallest absolute Gasteiger partial charge is 0.227 e. The topological polar surface area (TPSA) is 91.7 Å². The minimum Gasteiger partial charge on any atom is -0.396 e. The van der Waals surface area contributed by atoms with Crippen molar-refractivity contribution in [3.8, 4) is 0 Å². The van der Waals surface area contributed by atoms with Gasteiger partial charge in [0.05, 0.1) is 42.8 Å². The molecule has 8 heteroatoms. The van der Waals surface area contributed by atoms with E-state index in [0.29, 0.717) is 26.1 Å². The average molecular weight is 431 g/mol. The molecule has 0 radical (unpaired) electrons. The van der Waals surface area contributed by atoms with Crippen LogP contribution in [-0.2, 0) is 16.0 Å². The van der Waals surface area contributed by atoms with Crippen LogP contribution in [0.1, 0.15) is 5.56 Å². The highest BCUT2D eigenvalue weighted by atomic mass is 16.5. The summed E-state index contributed by atoms with van der Waals surface area (Å²) >= 11 is 0. The summed E-state index contributed by atoms with van der Waals surface area (Å²) in [6.45, 7) is 2.49. The first-order valence-electron chi connectivity index (χ1n) is 11.1. The zero-order valence-electron chi connectivity index (χ0n) is 17.7. The van der Waals surface area contributed by atoms with Gasteiger partial charge in [0.15, 0.2) is 0 Å². The number of para-hydroxylation sites is 2. The zero-order chi connectivity index (χ0) is 21.7. The molecule has 2 aromatic heterocycles. The van der Waals surface area contributed by atoms with Gasteiger partial charge in [0.2, 0.25) is 5.91 Å². The molecule has 4 atom stereocenters. The van der Waals surface area contributed by atoms with Crippen molar-refractivity contribution in [2.45, 2.75) is 18.1 Å². The highest BCUT2D eigenvalue weighted by Crippen LogP contribution is 2.49. The minimum absolute atomic E-state index is 0.00661. The molecule has 1 N–H and O–H groups in total. The summed E-state index contributed by atoms with van der Waals surface area (Å²) in [5, 5.41) is 10.2. The fraction of sp³-hybridized carbons (Fsp3) is 0.417. The quantitative estimate of drug-likeness (QED) is 0.666. The highest BCUT2D eigenvalue weighted by molar-refractivity contribution is 5.79. The van der Waals surface area contributed by atoms with Crippen LogP contribution in [0.4, 0.5) is 5.82 Å². The number of likely N-dealkylation sites (tertiary alicyclic amines) is 1. The average Bonchev–Trinajstić information content (AvgIpc) is 3.26. The van der Waals surface area contributed by atoms with Crippen molar-refractivity contribution in [2.24, 2.45) is 11.8 Å². The number of aliphatic hydroxyl groups is 1. The Balaban J connectivity index is 1.26. The lowest BCUT2D eigenvalue weighted by Crippen LogP contribution is -2.56. The van der Waals surface area contributed by atoms with Crippen LogP contribution in [0.2, 0.25) is 0 Å². The fourth-order valence-electron chi connectivity index (χ4n) is 5.69. The van der Waals surface area contributed by atoms with Gasteiger partial charge in [-0.15, -0.1) is 0 Å². The van der Waals surface area contributed by atoms with Crippen LogP contribution in [0, 0.1) is 11.8 Å². The van der Waals surface area contributed by atoms with Crippen molar-refractivity contribution < 1.29 is 14.6 Å². The van der Waals surface area contributed by atoms with Gasteiger partial charge in [0, 0.05) is 43.9 Å². The number of amides is 1. The normalized spacial score (nSPS) is 28.8. The van der Waals surface area contributed by atoms with E-state index >= 15 is 0 Å². The first-order chi connectivity index (χ1) is 15.6. The standard InChI is InChI=1S/C24H25N5O3/c30-13-17-18-11-28(22-10-26-19-3-1-2-4-20(19)27-22)14-24(18)15-29(12-21(17)32-24)23(31)9-16-5-7-25-8-6-16/h1-8,10,17-18,21,30H,9,11-15H2/t17-,18+,21+,24-/m0/s1. The Morgan fingerprint density at radius 3 is 2.75 bits per heavy atom. The lowest BCUT2D eigenvalue weighted by molar-refractivity contribution is -0.151. The van der Waals surface area contributed by atoms with Gasteiger partial charge < -0.3 is 19.6 Å². The van der Waals surface area contributed by atoms with Crippen molar-refractivity contribution >= 4 is 22.8 Å². The van der Waals surface area contributed by atoms with E-state index in [-0.39, 0.29) is 30.5 Å². The van der Waals surface area contributed by atoms with Crippen LogP contribution >= 0.6 is 0 Å². The predicted molar refractivity (Wildman–Crippen MR) is 118 cm³/mol. The second kappa shape index (κ2) is 7.50. The molecule has 8 nitrogen and oxygen atoms in total. The lowest BCUT2D eigenvalue weighted by atomic mass is 9.83. The number of nitrogens with zero attached hydrogens (tertiary/aromatic N) is 5. The van der Waals surface area contributed by atoms with Crippen molar-refractivity contribution in [2.75, 3.05) is 37.7 Å². The number of hydrogen-bond acceptors (Lipinski definition) is 7. The van der Waals surface area contributed by atoms with E-state index in [1.54, 1.807) is 18.6 Å². The number of carbonyl (C=O) groups excluding carboxylic acids is 1. The number of fused-ring (bicyclic) bond motifs is 2. The molecule has 32 heavy (non-hydrogen) atoms. The Kier molecular flexibility index (Phi) is 4.58. The van der Waals surface area contributed by atoms with E-state index < -0.39 is 5.60 Å². The number of benzene rings is 1. The SMILES string of the molecule is O=C(Cc1ccncc1)N1C[C@H]2O[C@]3(C1)CN(c1cnc4ccccc4n1)C[C@@H]3[C@@H]2CO. The number of pyridine rings is 1. The van der Waals surface area contributed by atoms with Gasteiger partial charge in [-0.25, -0.2) is 4.98 Å². The van der Waals surface area contributed by atoms with Crippen LogP contribution in [0.25, 0.3) is 11.0 Å². The summed E-state index contributed by atoms with van der Waals surface area (Å²) in [4.78, 5) is 30.6. The molecule has 0 saturated carbocycles. The van der Waals surface area contributed by atoms with Gasteiger partial charge in [-0.3, -0.25) is 14.8 Å². The summed E-state index contributed by atoms with van der Waals surface area (Å²) in [6, 6.07) is 11.6. The monoisotopic (exact) mass is 431 g/mol. The third kappa shape index (κ3) is 3.13. The third-order valence-electron chi connectivity index (χ3n) is 7.22. The first-order valence-corrected chi connectivity index (χ1v) is 11.1. The Morgan fingerprint density at radius 2 is 1.94 bits per heavy atom.